The molecule has 0 N–H and O–H groups in total. The molecule has 0 aliphatic carbocycles. The van der Waals surface area contributed by atoms with E-state index in [0.29, 0.717) is 38.9 Å². The molecule has 8 heteroatoms. The summed E-state index contributed by atoms with van der Waals surface area (Å²) >= 11 is 17.8. The Bertz CT molecular complexity index is 1480. The van der Waals surface area contributed by atoms with Crippen LogP contribution in [-0.4, -0.2) is 34.1 Å². The molecule has 5 rings (SSSR count). The van der Waals surface area contributed by atoms with E-state index in [-0.39, 0.29) is 5.91 Å². The van der Waals surface area contributed by atoms with E-state index in [9.17, 15) is 4.79 Å². The Morgan fingerprint density at radius 3 is 2.47 bits per heavy atom. The number of hydrogen-bond acceptors (Lipinski definition) is 3. The number of likely N-dealkylation sites (N-methyl/N-ethyl adjacent to an activating group) is 1. The number of carbonyl (C=O) groups is 1. The smallest absolute Gasteiger partial charge is 0.281 e. The largest absolute Gasteiger partial charge is 0.492 e. The maximum Gasteiger partial charge on any atom is 0.281 e. The second-order valence-electron chi connectivity index (χ2n) is 8.42. The van der Waals surface area contributed by atoms with Crippen LogP contribution in [0.5, 0.6) is 5.75 Å². The Kier molecular flexibility index (Phi) is 7.01. The molecule has 3 aromatic carbocycles. The van der Waals surface area contributed by atoms with Gasteiger partial charge in [-0.3, -0.25) is 9.69 Å². The zero-order valence-corrected chi connectivity index (χ0v) is 21.9. The predicted octanol–water partition coefficient (Wildman–Crippen LogP) is 7.02. The molecule has 1 fully saturated rings. The number of rotatable bonds is 7. The number of benzene rings is 3. The molecule has 5 nitrogen and oxygen atoms in total. The summed E-state index contributed by atoms with van der Waals surface area (Å²) in [5, 5.41) is 2.70. The zero-order chi connectivity index (χ0) is 25.2. The van der Waals surface area contributed by atoms with Gasteiger partial charge in [-0.25, -0.2) is 0 Å². The van der Waals surface area contributed by atoms with Gasteiger partial charge in [-0.15, -0.1) is 0 Å². The molecule has 0 atom stereocenters. The van der Waals surface area contributed by atoms with Crippen LogP contribution in [0.4, 0.5) is 5.69 Å². The van der Waals surface area contributed by atoms with Gasteiger partial charge in [-0.2, -0.15) is 0 Å². The third kappa shape index (κ3) is 4.72. The SMILES string of the molecule is CN1C(=S)N(c2ccc(Cl)cc2)C(=O)/C1=C/c1cn(CCCOc2ccccc2Cl)c2ccccc12. The van der Waals surface area contributed by atoms with Crippen molar-refractivity contribution in [3.8, 4) is 5.75 Å². The third-order valence-electron chi connectivity index (χ3n) is 6.10. The minimum absolute atomic E-state index is 0.171. The van der Waals surface area contributed by atoms with Crippen LogP contribution in [0.3, 0.4) is 0 Å². The van der Waals surface area contributed by atoms with Gasteiger partial charge < -0.3 is 14.2 Å². The van der Waals surface area contributed by atoms with Crippen molar-refractivity contribution in [1.29, 1.82) is 0 Å². The quantitative estimate of drug-likeness (QED) is 0.145. The number of ether oxygens (including phenoxy) is 1. The number of fused-ring (bicyclic) bond motifs is 1. The summed E-state index contributed by atoms with van der Waals surface area (Å²) < 4.78 is 8.04. The number of thiocarbonyl (C=S) groups is 1. The van der Waals surface area contributed by atoms with E-state index in [1.165, 1.54) is 4.90 Å². The number of amides is 1. The topological polar surface area (TPSA) is 37.7 Å². The number of hydrogen-bond donors (Lipinski definition) is 0. The van der Waals surface area contributed by atoms with Gasteiger partial charge in [0.2, 0.25) is 0 Å². The van der Waals surface area contributed by atoms with Crippen molar-refractivity contribution in [2.24, 2.45) is 0 Å². The minimum atomic E-state index is -0.171. The van der Waals surface area contributed by atoms with Crippen LogP contribution < -0.4 is 9.64 Å². The van der Waals surface area contributed by atoms with Gasteiger partial charge in [0.05, 0.1) is 17.3 Å². The molecule has 1 aliphatic heterocycles. The maximum absolute atomic E-state index is 13.4. The van der Waals surface area contributed by atoms with Crippen LogP contribution in [0, 0.1) is 0 Å². The molecule has 1 saturated heterocycles. The van der Waals surface area contributed by atoms with Crippen LogP contribution in [0.2, 0.25) is 10.0 Å². The van der Waals surface area contributed by atoms with Crippen molar-refractivity contribution in [2.75, 3.05) is 18.6 Å². The Morgan fingerprint density at radius 1 is 0.972 bits per heavy atom. The average molecular weight is 536 g/mol. The van der Waals surface area contributed by atoms with Crippen molar-refractivity contribution in [1.82, 2.24) is 9.47 Å². The Hall–Kier alpha value is -3.32. The predicted molar refractivity (Wildman–Crippen MR) is 151 cm³/mol. The van der Waals surface area contributed by atoms with Crippen molar-refractivity contribution in [3.63, 3.8) is 0 Å². The van der Waals surface area contributed by atoms with E-state index >= 15 is 0 Å². The van der Waals surface area contributed by atoms with E-state index in [1.807, 2.05) is 49.5 Å². The minimum Gasteiger partial charge on any atom is -0.492 e. The van der Waals surface area contributed by atoms with Crippen LogP contribution in [0.1, 0.15) is 12.0 Å². The summed E-state index contributed by atoms with van der Waals surface area (Å²) in [6.45, 7) is 1.30. The molecule has 4 aromatic rings. The van der Waals surface area contributed by atoms with Crippen LogP contribution in [-0.2, 0) is 11.3 Å². The lowest BCUT2D eigenvalue weighted by atomic mass is 10.1. The fourth-order valence-corrected chi connectivity index (χ4v) is 4.88. The second kappa shape index (κ2) is 10.3. The lowest BCUT2D eigenvalue weighted by Crippen LogP contribution is -2.31. The molecular weight excluding hydrogens is 513 g/mol. The number of anilines is 1. The lowest BCUT2D eigenvalue weighted by Gasteiger charge is -2.16. The third-order valence-corrected chi connectivity index (χ3v) is 7.12. The molecule has 36 heavy (non-hydrogen) atoms. The van der Waals surface area contributed by atoms with Gasteiger partial charge in [0.25, 0.3) is 5.91 Å². The molecule has 182 valence electrons. The van der Waals surface area contributed by atoms with Crippen molar-refractivity contribution in [3.05, 3.63) is 100 Å². The van der Waals surface area contributed by atoms with Gasteiger partial charge in [-0.1, -0.05) is 53.5 Å². The summed E-state index contributed by atoms with van der Waals surface area (Å²) in [5.74, 6) is 0.515. The van der Waals surface area contributed by atoms with Crippen LogP contribution in [0.15, 0.2) is 84.7 Å². The first-order valence-corrected chi connectivity index (χ1v) is 12.6. The Balaban J connectivity index is 1.39. The van der Waals surface area contributed by atoms with Crippen LogP contribution >= 0.6 is 35.4 Å². The molecule has 0 radical (unpaired) electrons. The van der Waals surface area contributed by atoms with E-state index in [4.69, 9.17) is 40.2 Å². The fourth-order valence-electron chi connectivity index (χ4n) is 4.28. The first kappa shape index (κ1) is 24.4. The summed E-state index contributed by atoms with van der Waals surface area (Å²) in [6.07, 6.45) is 4.78. The first-order valence-electron chi connectivity index (χ1n) is 11.5. The number of aryl methyl sites for hydroxylation is 1. The average Bonchev–Trinajstić information content (AvgIpc) is 3.33. The van der Waals surface area contributed by atoms with Gasteiger partial charge in [0.1, 0.15) is 11.4 Å². The van der Waals surface area contributed by atoms with Gasteiger partial charge in [-0.05, 0) is 67.2 Å². The standard InChI is InChI=1S/C28H23Cl2N3O2S/c1-31-25(27(34)33(28(31)36)21-13-11-20(29)12-14-21)17-19-18-32(24-9-4-2-7-22(19)24)15-6-16-35-26-10-5-3-8-23(26)30/h2-5,7-14,17-18H,6,15-16H2,1H3/b25-17-. The Morgan fingerprint density at radius 2 is 1.69 bits per heavy atom. The van der Waals surface area contributed by atoms with E-state index in [0.717, 1.165) is 29.4 Å². The molecule has 0 saturated carbocycles. The highest BCUT2D eigenvalue weighted by Gasteiger charge is 2.37. The molecule has 0 unspecified atom stereocenters. The summed E-state index contributed by atoms with van der Waals surface area (Å²) in [5.41, 5.74) is 3.24. The Labute approximate surface area is 225 Å². The van der Waals surface area contributed by atoms with E-state index < -0.39 is 0 Å². The number of para-hydroxylation sites is 2. The van der Waals surface area contributed by atoms with Gasteiger partial charge >= 0.3 is 0 Å². The van der Waals surface area contributed by atoms with E-state index in [1.54, 1.807) is 29.2 Å². The highest BCUT2D eigenvalue weighted by Crippen LogP contribution is 2.31. The molecule has 2 heterocycles. The molecule has 1 aliphatic rings. The number of nitrogens with zero attached hydrogens (tertiary/aromatic N) is 3. The molecule has 0 spiro atoms. The number of aromatic nitrogens is 1. The first-order chi connectivity index (χ1) is 17.4. The van der Waals surface area contributed by atoms with Crippen molar-refractivity contribution in [2.45, 2.75) is 13.0 Å². The highest BCUT2D eigenvalue weighted by atomic mass is 35.5. The zero-order valence-electron chi connectivity index (χ0n) is 19.5. The fraction of sp³-hybridized carbons (Fsp3) is 0.143. The lowest BCUT2D eigenvalue weighted by molar-refractivity contribution is -0.114. The highest BCUT2D eigenvalue weighted by molar-refractivity contribution is 7.80. The number of halogens is 2. The monoisotopic (exact) mass is 535 g/mol. The maximum atomic E-state index is 13.4. The van der Waals surface area contributed by atoms with Crippen LogP contribution in [0.25, 0.3) is 17.0 Å². The second-order valence-corrected chi connectivity index (χ2v) is 9.62. The van der Waals surface area contributed by atoms with Gasteiger partial charge in [0.15, 0.2) is 5.11 Å². The van der Waals surface area contributed by atoms with Crippen molar-refractivity contribution >= 4 is 69.1 Å². The molecular formula is C28H23Cl2N3O2S. The van der Waals surface area contributed by atoms with Crippen molar-refractivity contribution < 1.29 is 9.53 Å². The molecule has 0 bridgehead atoms. The summed E-state index contributed by atoms with van der Waals surface area (Å²) in [4.78, 5) is 16.7. The molecule has 1 aromatic heterocycles. The van der Waals surface area contributed by atoms with Gasteiger partial charge in [0, 0.05) is 41.3 Å². The van der Waals surface area contributed by atoms with E-state index in [2.05, 4.69) is 22.9 Å². The normalized spacial score (nSPS) is 14.9. The summed E-state index contributed by atoms with van der Waals surface area (Å²) in [7, 11) is 1.81. The summed E-state index contributed by atoms with van der Waals surface area (Å²) in [6, 6.07) is 22.7. The number of carbonyl (C=O) groups excluding carboxylic acids is 1. The molecule has 1 amide bonds.